The second-order valence-electron chi connectivity index (χ2n) is 4.20. The number of sulfonamides is 1. The molecule has 4 N–H and O–H groups in total. The van der Waals surface area contributed by atoms with Gasteiger partial charge in [0, 0.05) is 6.54 Å². The molecule has 0 aliphatic carbocycles. The molecular formula is C12H13N3O5S. The van der Waals surface area contributed by atoms with Gasteiger partial charge < -0.3 is 10.2 Å². The maximum Gasteiger partial charge on any atom is 0.340 e. The minimum Gasteiger partial charge on any atom is -0.478 e. The average molecular weight is 311 g/mol. The number of benzene rings is 1. The van der Waals surface area contributed by atoms with E-state index in [9.17, 15) is 18.3 Å². The number of carboxylic acid groups (broad SMARTS) is 1. The molecule has 0 radical (unpaired) electrons. The Bertz CT molecular complexity index is 726. The van der Waals surface area contributed by atoms with Gasteiger partial charge in [-0.2, -0.15) is 5.10 Å². The maximum absolute atomic E-state index is 12.0. The molecule has 2 rings (SSSR count). The molecule has 112 valence electrons. The van der Waals surface area contributed by atoms with Crippen LogP contribution in [0, 0.1) is 0 Å². The van der Waals surface area contributed by atoms with Crippen LogP contribution < -0.4 is 4.72 Å². The Kier molecular flexibility index (Phi) is 4.36. The molecule has 9 heteroatoms. The molecule has 0 amide bonds. The summed E-state index contributed by atoms with van der Waals surface area (Å²) in [6, 6.07) is 8.49. The van der Waals surface area contributed by atoms with Gasteiger partial charge in [-0.1, -0.05) is 30.3 Å². The van der Waals surface area contributed by atoms with Gasteiger partial charge in [-0.15, -0.1) is 0 Å². The molecule has 1 heterocycles. The van der Waals surface area contributed by atoms with Crippen LogP contribution in [0.1, 0.15) is 22.0 Å². The molecule has 0 bridgehead atoms. The lowest BCUT2D eigenvalue weighted by Crippen LogP contribution is -2.29. The predicted octanol–water partition coefficient (Wildman–Crippen LogP) is 0.120. The Morgan fingerprint density at radius 2 is 2.00 bits per heavy atom. The summed E-state index contributed by atoms with van der Waals surface area (Å²) in [5.41, 5.74) is 0.0833. The van der Waals surface area contributed by atoms with Crippen LogP contribution in [-0.4, -0.2) is 41.3 Å². The number of hydrogen-bond acceptors (Lipinski definition) is 5. The van der Waals surface area contributed by atoms with Crippen LogP contribution in [0.4, 0.5) is 0 Å². The second kappa shape index (κ2) is 6.04. The van der Waals surface area contributed by atoms with Gasteiger partial charge >= 0.3 is 5.97 Å². The Labute approximate surface area is 120 Å². The van der Waals surface area contributed by atoms with Crippen LogP contribution in [0.25, 0.3) is 0 Å². The van der Waals surface area contributed by atoms with E-state index >= 15 is 0 Å². The molecule has 1 aromatic heterocycles. The molecule has 0 aliphatic heterocycles. The first kappa shape index (κ1) is 15.2. The van der Waals surface area contributed by atoms with Gasteiger partial charge in [0.05, 0.1) is 12.3 Å². The minimum absolute atomic E-state index is 0.287. The zero-order valence-electron chi connectivity index (χ0n) is 10.7. The van der Waals surface area contributed by atoms with Crippen molar-refractivity contribution in [3.8, 4) is 0 Å². The van der Waals surface area contributed by atoms with Crippen molar-refractivity contribution in [3.63, 3.8) is 0 Å². The Balaban J connectivity index is 2.12. The van der Waals surface area contributed by atoms with E-state index in [4.69, 9.17) is 5.11 Å². The van der Waals surface area contributed by atoms with E-state index in [1.54, 1.807) is 30.3 Å². The topological polar surface area (TPSA) is 132 Å². The molecular weight excluding hydrogens is 298 g/mol. The van der Waals surface area contributed by atoms with E-state index in [1.807, 2.05) is 0 Å². The summed E-state index contributed by atoms with van der Waals surface area (Å²) in [6.45, 7) is -0.287. The van der Waals surface area contributed by atoms with Crippen LogP contribution in [0.5, 0.6) is 0 Å². The van der Waals surface area contributed by atoms with Gasteiger partial charge in [0.1, 0.15) is 5.56 Å². The van der Waals surface area contributed by atoms with Crippen molar-refractivity contribution in [2.45, 2.75) is 11.1 Å². The molecule has 0 fully saturated rings. The minimum atomic E-state index is -4.10. The first-order valence-corrected chi connectivity index (χ1v) is 7.39. The van der Waals surface area contributed by atoms with Crippen molar-refractivity contribution < 1.29 is 23.4 Å². The lowest BCUT2D eigenvalue weighted by atomic mass is 10.1. The van der Waals surface area contributed by atoms with E-state index in [1.165, 1.54) is 0 Å². The number of aromatic carboxylic acids is 1. The van der Waals surface area contributed by atoms with Crippen LogP contribution >= 0.6 is 0 Å². The fourth-order valence-corrected chi connectivity index (χ4v) is 2.81. The van der Waals surface area contributed by atoms with Gasteiger partial charge in [0.2, 0.25) is 0 Å². The first-order chi connectivity index (χ1) is 9.92. The van der Waals surface area contributed by atoms with Gasteiger partial charge in [-0.3, -0.25) is 5.10 Å². The summed E-state index contributed by atoms with van der Waals surface area (Å²) in [4.78, 5) is 10.9. The quantitative estimate of drug-likeness (QED) is 0.599. The normalized spacial score (nSPS) is 13.0. The van der Waals surface area contributed by atoms with E-state index < -0.39 is 32.7 Å². The van der Waals surface area contributed by atoms with E-state index in [0.29, 0.717) is 5.56 Å². The molecule has 0 saturated heterocycles. The molecule has 1 unspecified atom stereocenters. The van der Waals surface area contributed by atoms with Gasteiger partial charge in [0.25, 0.3) is 10.0 Å². The van der Waals surface area contributed by atoms with Crippen molar-refractivity contribution >= 4 is 16.0 Å². The lowest BCUT2D eigenvalue weighted by Gasteiger charge is -2.12. The summed E-state index contributed by atoms with van der Waals surface area (Å²) in [5, 5.41) is 23.8. The number of carbonyl (C=O) groups is 1. The Morgan fingerprint density at radius 1 is 1.33 bits per heavy atom. The summed E-state index contributed by atoms with van der Waals surface area (Å²) in [6.07, 6.45) is -0.137. The number of nitrogens with one attached hydrogen (secondary N) is 2. The number of carboxylic acids is 1. The Hall–Kier alpha value is -2.23. The highest BCUT2D eigenvalue weighted by molar-refractivity contribution is 7.89. The van der Waals surface area contributed by atoms with E-state index in [0.717, 1.165) is 6.20 Å². The third kappa shape index (κ3) is 3.45. The maximum atomic E-state index is 12.0. The Morgan fingerprint density at radius 3 is 2.62 bits per heavy atom. The molecule has 21 heavy (non-hydrogen) atoms. The number of hydrogen-bond donors (Lipinski definition) is 4. The predicted molar refractivity (Wildman–Crippen MR) is 72.1 cm³/mol. The number of aromatic nitrogens is 2. The number of aromatic amines is 1. The highest BCUT2D eigenvalue weighted by Gasteiger charge is 2.25. The van der Waals surface area contributed by atoms with Gasteiger partial charge in [-0.05, 0) is 5.56 Å². The van der Waals surface area contributed by atoms with Crippen LogP contribution in [-0.2, 0) is 10.0 Å². The summed E-state index contributed by atoms with van der Waals surface area (Å²) < 4.78 is 26.1. The van der Waals surface area contributed by atoms with Crippen LogP contribution in [0.15, 0.2) is 41.6 Å². The molecule has 0 spiro atoms. The SMILES string of the molecule is O=C(O)c1cn[nH]c1S(=O)(=O)NCC(O)c1ccccc1. The number of aliphatic hydroxyl groups excluding tert-OH is 1. The molecule has 1 aromatic carbocycles. The monoisotopic (exact) mass is 311 g/mol. The van der Waals surface area contributed by atoms with Crippen molar-refractivity contribution in [2.75, 3.05) is 6.54 Å². The van der Waals surface area contributed by atoms with Gasteiger partial charge in [0.15, 0.2) is 5.03 Å². The van der Waals surface area contributed by atoms with Crippen LogP contribution in [0.2, 0.25) is 0 Å². The third-order valence-corrected chi connectivity index (χ3v) is 4.15. The first-order valence-electron chi connectivity index (χ1n) is 5.91. The van der Waals surface area contributed by atoms with Crippen molar-refractivity contribution in [2.24, 2.45) is 0 Å². The highest BCUT2D eigenvalue weighted by atomic mass is 32.2. The summed E-state index contributed by atoms with van der Waals surface area (Å²) >= 11 is 0. The fourth-order valence-electron chi connectivity index (χ4n) is 1.69. The zero-order valence-corrected chi connectivity index (χ0v) is 11.5. The molecule has 1 atom stereocenters. The van der Waals surface area contributed by atoms with Gasteiger partial charge in [-0.25, -0.2) is 17.9 Å². The number of aliphatic hydroxyl groups is 1. The van der Waals surface area contributed by atoms with Crippen molar-refractivity contribution in [1.29, 1.82) is 0 Å². The fraction of sp³-hybridized carbons (Fsp3) is 0.167. The summed E-state index contributed by atoms with van der Waals surface area (Å²) in [7, 11) is -4.10. The largest absolute Gasteiger partial charge is 0.478 e. The standard InChI is InChI=1S/C12H13N3O5S/c16-10(8-4-2-1-3-5-8)7-14-21(19,20)11-9(12(17)18)6-13-15-11/h1-6,10,14,16H,7H2,(H,13,15)(H,17,18). The number of H-pyrrole nitrogens is 1. The second-order valence-corrected chi connectivity index (χ2v) is 5.90. The van der Waals surface area contributed by atoms with E-state index in [2.05, 4.69) is 14.9 Å². The number of rotatable bonds is 6. The average Bonchev–Trinajstić information content (AvgIpc) is 2.96. The van der Waals surface area contributed by atoms with Crippen LogP contribution in [0.3, 0.4) is 0 Å². The van der Waals surface area contributed by atoms with E-state index in [-0.39, 0.29) is 6.54 Å². The molecule has 8 nitrogen and oxygen atoms in total. The molecule has 2 aromatic rings. The summed E-state index contributed by atoms with van der Waals surface area (Å²) in [5.74, 6) is -1.41. The molecule has 0 saturated carbocycles. The smallest absolute Gasteiger partial charge is 0.340 e. The van der Waals surface area contributed by atoms with Crippen molar-refractivity contribution in [3.05, 3.63) is 47.7 Å². The van der Waals surface area contributed by atoms with Crippen molar-refractivity contribution in [1.82, 2.24) is 14.9 Å². The highest BCUT2D eigenvalue weighted by Crippen LogP contribution is 2.14. The third-order valence-electron chi connectivity index (χ3n) is 2.75. The lowest BCUT2D eigenvalue weighted by molar-refractivity contribution is 0.0692. The number of nitrogens with zero attached hydrogens (tertiary/aromatic N) is 1. The molecule has 0 aliphatic rings. The zero-order chi connectivity index (χ0) is 15.5.